The number of halogens is 2. The zero-order valence-electron chi connectivity index (χ0n) is 25.9. The van der Waals surface area contributed by atoms with Crippen molar-refractivity contribution in [2.75, 3.05) is 10.9 Å². The number of carbonyl (C=O) groups is 2. The Morgan fingerprint density at radius 1 is 0.560 bits per heavy atom. The fraction of sp³-hybridized carbons (Fsp3) is 0. The van der Waals surface area contributed by atoms with Gasteiger partial charge in [-0.15, -0.1) is 0 Å². The van der Waals surface area contributed by atoms with Crippen molar-refractivity contribution in [1.82, 2.24) is 19.3 Å². The molecule has 0 radical (unpaired) electrons. The summed E-state index contributed by atoms with van der Waals surface area (Å²) in [6.45, 7) is 0. The molecule has 12 heteroatoms. The van der Waals surface area contributed by atoms with Gasteiger partial charge < -0.3 is 9.47 Å². The maximum atomic E-state index is 13.3. The van der Waals surface area contributed by atoms with Crippen LogP contribution in [0.25, 0.3) is 43.6 Å². The minimum Gasteiger partial charge on any atom is -0.421 e. The van der Waals surface area contributed by atoms with E-state index >= 15 is 0 Å². The van der Waals surface area contributed by atoms with Crippen LogP contribution in [0.1, 0.15) is 0 Å². The van der Waals surface area contributed by atoms with E-state index in [4.69, 9.17) is 9.47 Å². The Morgan fingerprint density at radius 2 is 0.960 bits per heavy atom. The highest BCUT2D eigenvalue weighted by Crippen LogP contribution is 2.39. The molecule has 0 atom stereocenters. The Balaban J connectivity index is 1.11. The van der Waals surface area contributed by atoms with E-state index in [1.807, 2.05) is 94.3 Å². The molecule has 4 heterocycles. The highest BCUT2D eigenvalue weighted by atomic mass is 79.9. The van der Waals surface area contributed by atoms with Gasteiger partial charge >= 0.3 is 11.9 Å². The summed E-state index contributed by atoms with van der Waals surface area (Å²) in [5.74, 6) is -0.934. The number of esters is 2. The average molecular weight is 788 g/mol. The van der Waals surface area contributed by atoms with Crippen molar-refractivity contribution in [1.29, 1.82) is 0 Å². The van der Waals surface area contributed by atoms with Crippen LogP contribution in [0.5, 0.6) is 11.5 Å². The molecule has 0 fully saturated rings. The summed E-state index contributed by atoms with van der Waals surface area (Å²) >= 11 is 7.13. The number of nitrogens with zero attached hydrogens (tertiary/aromatic N) is 4. The van der Waals surface area contributed by atoms with Crippen LogP contribution in [0, 0.1) is 0 Å². The van der Waals surface area contributed by atoms with Crippen molar-refractivity contribution in [3.8, 4) is 11.5 Å². The van der Waals surface area contributed by atoms with Gasteiger partial charge in [-0.2, -0.15) is 0 Å². The fourth-order valence-electron chi connectivity index (χ4n) is 5.97. The highest BCUT2D eigenvalue weighted by molar-refractivity contribution is 9.10. The maximum absolute atomic E-state index is 13.3. The monoisotopic (exact) mass is 786 g/mol. The highest BCUT2D eigenvalue weighted by Gasteiger charge is 2.20. The molecule has 0 amide bonds. The lowest BCUT2D eigenvalue weighted by Crippen LogP contribution is -2.13. The fourth-order valence-corrected chi connectivity index (χ4v) is 6.85. The summed E-state index contributed by atoms with van der Waals surface area (Å²) in [6.07, 6.45) is 8.86. The molecule has 10 nitrogen and oxygen atoms in total. The van der Waals surface area contributed by atoms with Crippen molar-refractivity contribution in [2.24, 2.45) is 0 Å². The van der Waals surface area contributed by atoms with Gasteiger partial charge in [0.2, 0.25) is 0 Å². The zero-order chi connectivity index (χ0) is 34.2. The minimum atomic E-state index is -0.755. The smallest absolute Gasteiger partial charge is 0.336 e. The molecule has 0 aliphatic heterocycles. The van der Waals surface area contributed by atoms with Gasteiger partial charge in [0.05, 0.1) is 22.4 Å². The topological polar surface area (TPSA) is 112 Å². The van der Waals surface area contributed by atoms with Crippen LogP contribution in [0.3, 0.4) is 0 Å². The van der Waals surface area contributed by atoms with Crippen molar-refractivity contribution < 1.29 is 19.1 Å². The van der Waals surface area contributed by atoms with Crippen LogP contribution in [0.2, 0.25) is 0 Å². The largest absolute Gasteiger partial charge is 0.421 e. The number of fused-ring (bicyclic) bond motifs is 6. The maximum Gasteiger partial charge on any atom is 0.336 e. The Morgan fingerprint density at radius 3 is 1.38 bits per heavy atom. The van der Waals surface area contributed by atoms with Gasteiger partial charge in [-0.1, -0.05) is 68.3 Å². The summed E-state index contributed by atoms with van der Waals surface area (Å²) < 4.78 is 16.9. The molecular weight excluding hydrogens is 764 g/mol. The molecule has 0 aliphatic carbocycles. The molecular formula is C38H24Br2N6O4. The molecule has 0 unspecified atom stereocenters. The summed E-state index contributed by atoms with van der Waals surface area (Å²) in [5, 5.41) is 3.63. The number of anilines is 2. The lowest BCUT2D eigenvalue weighted by atomic mass is 10.1. The molecule has 8 aromatic rings. The molecule has 2 N–H and O–H groups in total. The predicted octanol–water partition coefficient (Wildman–Crippen LogP) is 9.03. The third-order valence-electron chi connectivity index (χ3n) is 8.02. The molecule has 0 saturated heterocycles. The van der Waals surface area contributed by atoms with E-state index in [-0.39, 0.29) is 11.5 Å². The van der Waals surface area contributed by atoms with Gasteiger partial charge in [0, 0.05) is 67.4 Å². The first-order chi connectivity index (χ1) is 24.4. The second kappa shape index (κ2) is 13.1. The number of pyridine rings is 2. The number of ether oxygens (including phenoxy) is 2. The number of benzene rings is 4. The van der Waals surface area contributed by atoms with E-state index in [2.05, 4.69) is 52.7 Å². The molecule has 4 aromatic heterocycles. The van der Waals surface area contributed by atoms with Crippen LogP contribution >= 0.6 is 31.9 Å². The number of rotatable bonds is 8. The summed E-state index contributed by atoms with van der Waals surface area (Å²) in [4.78, 5) is 34.7. The van der Waals surface area contributed by atoms with Crippen LogP contribution in [0.15, 0.2) is 143 Å². The van der Waals surface area contributed by atoms with E-state index in [9.17, 15) is 9.59 Å². The van der Waals surface area contributed by atoms with Gasteiger partial charge in [0.1, 0.15) is 11.0 Å². The molecule has 0 aliphatic rings. The first-order valence-electron chi connectivity index (χ1n) is 15.3. The van der Waals surface area contributed by atoms with Crippen molar-refractivity contribution in [2.45, 2.75) is 0 Å². The molecule has 0 bridgehead atoms. The van der Waals surface area contributed by atoms with Crippen molar-refractivity contribution >= 4 is 98.8 Å². The lowest BCUT2D eigenvalue weighted by Gasteiger charge is -2.13. The molecule has 0 saturated carbocycles. The first kappa shape index (κ1) is 31.3. The van der Waals surface area contributed by atoms with Crippen LogP contribution in [-0.2, 0) is 9.59 Å². The van der Waals surface area contributed by atoms with Gasteiger partial charge in [-0.05, 0) is 60.7 Å². The van der Waals surface area contributed by atoms with Gasteiger partial charge in [-0.25, -0.2) is 9.59 Å². The van der Waals surface area contributed by atoms with E-state index in [1.165, 1.54) is 0 Å². The minimum absolute atomic E-state index is 0.288. The quantitative estimate of drug-likeness (QED) is 0.0892. The van der Waals surface area contributed by atoms with E-state index in [0.29, 0.717) is 11.0 Å². The normalized spacial score (nSPS) is 11.5. The van der Waals surface area contributed by atoms with Crippen LogP contribution in [-0.4, -0.2) is 31.3 Å². The third-order valence-corrected chi connectivity index (χ3v) is 8.93. The molecule has 244 valence electrons. The van der Waals surface area contributed by atoms with Crippen molar-refractivity contribution in [3.05, 3.63) is 143 Å². The van der Waals surface area contributed by atoms with E-state index in [1.54, 1.807) is 36.9 Å². The molecule has 0 spiro atoms. The SMILES string of the molecule is O=C(/C=C\C(=O)Oc1cc(Br)cc2c3ccccc3n(Nc3ccncc3)c12)Oc1cc(Br)cc2c3ccccc3n(Nc3ccncc3)c12. The summed E-state index contributed by atoms with van der Waals surface area (Å²) in [5.41, 5.74) is 11.4. The number of hydrogen-bond acceptors (Lipinski definition) is 8. The second-order valence-corrected chi connectivity index (χ2v) is 13.0. The molecule has 8 rings (SSSR count). The number of hydrogen-bond donors (Lipinski definition) is 2. The Kier molecular flexibility index (Phi) is 8.23. The van der Waals surface area contributed by atoms with Gasteiger partial charge in [0.15, 0.2) is 11.5 Å². The average Bonchev–Trinajstić information content (AvgIpc) is 3.60. The molecule has 50 heavy (non-hydrogen) atoms. The Hall–Kier alpha value is -5.98. The lowest BCUT2D eigenvalue weighted by molar-refractivity contribution is -0.131. The zero-order valence-corrected chi connectivity index (χ0v) is 29.1. The number of para-hydroxylation sites is 2. The van der Waals surface area contributed by atoms with E-state index < -0.39 is 11.9 Å². The summed E-state index contributed by atoms with van der Waals surface area (Å²) in [7, 11) is 0. The number of aromatic nitrogens is 4. The van der Waals surface area contributed by atoms with Crippen LogP contribution in [0.4, 0.5) is 11.4 Å². The Bertz CT molecular complexity index is 2440. The predicted molar refractivity (Wildman–Crippen MR) is 201 cm³/mol. The number of nitrogens with one attached hydrogen (secondary N) is 2. The third kappa shape index (κ3) is 5.95. The molecule has 4 aromatic carbocycles. The first-order valence-corrected chi connectivity index (χ1v) is 16.9. The van der Waals surface area contributed by atoms with E-state index in [0.717, 1.165) is 65.1 Å². The van der Waals surface area contributed by atoms with Crippen LogP contribution < -0.4 is 20.3 Å². The second-order valence-electron chi connectivity index (χ2n) is 11.2. The van der Waals surface area contributed by atoms with Gasteiger partial charge in [0.25, 0.3) is 0 Å². The van der Waals surface area contributed by atoms with Gasteiger partial charge in [-0.3, -0.25) is 30.2 Å². The summed E-state index contributed by atoms with van der Waals surface area (Å²) in [6, 6.07) is 30.5. The number of carbonyl (C=O) groups excluding carboxylic acids is 2. The van der Waals surface area contributed by atoms with Crippen molar-refractivity contribution in [3.63, 3.8) is 0 Å². The standard InChI is InChI=1S/C38H24Br2N6O4/c39-23-19-29-27-5-1-3-7-31(27)45(43-25-11-15-41-16-12-25)37(29)33(21-23)49-35(47)9-10-36(48)50-34-22-24(40)20-30-28-6-2-4-8-32(28)46(38(30)34)44-26-13-17-42-18-14-26/h1-22H,(H,41,43)(H,42,44)/b10-9-. The Labute approximate surface area is 301 Å².